The van der Waals surface area contributed by atoms with Gasteiger partial charge >= 0.3 is 6.18 Å². The summed E-state index contributed by atoms with van der Waals surface area (Å²) in [5, 5.41) is 2.90. The largest absolute Gasteiger partial charge is 0.442 e. The normalized spacial score (nSPS) is 14.1. The van der Waals surface area contributed by atoms with Gasteiger partial charge in [-0.05, 0) is 14.0 Å². The summed E-state index contributed by atoms with van der Waals surface area (Å²) >= 11 is 0. The van der Waals surface area contributed by atoms with Crippen molar-refractivity contribution in [3.8, 4) is 0 Å². The third-order valence-electron chi connectivity index (χ3n) is 1.88. The summed E-state index contributed by atoms with van der Waals surface area (Å²) in [6, 6.07) is -0.0867. The Morgan fingerprint density at radius 2 is 2.25 bits per heavy atom. The fourth-order valence-electron chi connectivity index (χ4n) is 0.980. The van der Waals surface area contributed by atoms with Crippen LogP contribution in [0.4, 0.5) is 13.2 Å². The summed E-state index contributed by atoms with van der Waals surface area (Å²) in [7, 11) is 1.73. The van der Waals surface area contributed by atoms with Crippen molar-refractivity contribution in [2.75, 3.05) is 13.7 Å². The Labute approximate surface area is 90.8 Å². The molecule has 1 N–H and O–H groups in total. The van der Waals surface area contributed by atoms with Gasteiger partial charge in [0.1, 0.15) is 19.0 Å². The highest BCUT2D eigenvalue weighted by Gasteiger charge is 2.27. The Balaban J connectivity index is 2.41. The molecule has 0 spiro atoms. The van der Waals surface area contributed by atoms with Gasteiger partial charge in [-0.15, -0.1) is 0 Å². The van der Waals surface area contributed by atoms with E-state index in [-0.39, 0.29) is 18.4 Å². The van der Waals surface area contributed by atoms with Crippen molar-refractivity contribution in [3.05, 3.63) is 17.8 Å². The van der Waals surface area contributed by atoms with Crippen LogP contribution in [0.3, 0.4) is 0 Å². The molecule has 1 unspecified atom stereocenters. The predicted octanol–water partition coefficient (Wildman–Crippen LogP) is 2.03. The molecule has 92 valence electrons. The van der Waals surface area contributed by atoms with Gasteiger partial charge in [0.2, 0.25) is 5.89 Å². The summed E-state index contributed by atoms with van der Waals surface area (Å²) in [4.78, 5) is 3.91. The monoisotopic (exact) mass is 238 g/mol. The number of ether oxygens (including phenoxy) is 1. The van der Waals surface area contributed by atoms with E-state index >= 15 is 0 Å². The second-order valence-corrected chi connectivity index (χ2v) is 3.28. The summed E-state index contributed by atoms with van der Waals surface area (Å²) in [6.45, 7) is 0.305. The Kier molecular flexibility index (Phi) is 4.31. The number of oxazole rings is 1. The first kappa shape index (κ1) is 13.0. The molecule has 0 bridgehead atoms. The van der Waals surface area contributed by atoms with Gasteiger partial charge in [0.05, 0.1) is 12.2 Å². The van der Waals surface area contributed by atoms with Gasteiger partial charge in [0, 0.05) is 0 Å². The lowest BCUT2D eigenvalue weighted by atomic mass is 10.3. The molecule has 0 radical (unpaired) electrons. The number of alkyl halides is 3. The lowest BCUT2D eigenvalue weighted by Gasteiger charge is -2.06. The molecule has 0 aromatic carbocycles. The van der Waals surface area contributed by atoms with Crippen molar-refractivity contribution in [1.82, 2.24) is 10.3 Å². The van der Waals surface area contributed by atoms with Crippen LogP contribution in [0, 0.1) is 0 Å². The van der Waals surface area contributed by atoms with Gasteiger partial charge in [0.15, 0.2) is 0 Å². The number of aromatic nitrogens is 1. The second kappa shape index (κ2) is 5.31. The Morgan fingerprint density at radius 3 is 2.81 bits per heavy atom. The molecule has 1 heterocycles. The first-order valence-electron chi connectivity index (χ1n) is 4.68. The molecule has 0 aliphatic heterocycles. The molecule has 1 aromatic heterocycles. The van der Waals surface area contributed by atoms with Crippen LogP contribution in [-0.4, -0.2) is 24.8 Å². The average Bonchev–Trinajstić information content (AvgIpc) is 2.63. The topological polar surface area (TPSA) is 47.3 Å². The maximum atomic E-state index is 11.8. The number of rotatable bonds is 5. The zero-order chi connectivity index (χ0) is 12.2. The molecule has 16 heavy (non-hydrogen) atoms. The molecule has 0 saturated heterocycles. The van der Waals surface area contributed by atoms with E-state index < -0.39 is 12.8 Å². The molecule has 0 saturated carbocycles. The molecule has 4 nitrogen and oxygen atoms in total. The van der Waals surface area contributed by atoms with Crippen molar-refractivity contribution >= 4 is 0 Å². The average molecular weight is 238 g/mol. The Bertz CT molecular complexity index is 325. The first-order chi connectivity index (χ1) is 7.42. The van der Waals surface area contributed by atoms with Gasteiger partial charge in [-0.25, -0.2) is 4.98 Å². The van der Waals surface area contributed by atoms with Crippen molar-refractivity contribution in [1.29, 1.82) is 0 Å². The van der Waals surface area contributed by atoms with Crippen LogP contribution in [0.15, 0.2) is 10.6 Å². The fraction of sp³-hybridized carbons (Fsp3) is 0.667. The van der Waals surface area contributed by atoms with E-state index in [1.54, 1.807) is 7.05 Å². The predicted molar refractivity (Wildman–Crippen MR) is 49.7 cm³/mol. The summed E-state index contributed by atoms with van der Waals surface area (Å²) in [5.74, 6) is 0.703. The quantitative estimate of drug-likeness (QED) is 0.852. The van der Waals surface area contributed by atoms with E-state index in [9.17, 15) is 13.2 Å². The molecular formula is C9H13F3N2O2. The number of nitrogens with zero attached hydrogens (tertiary/aromatic N) is 1. The molecule has 0 amide bonds. The van der Waals surface area contributed by atoms with E-state index in [1.165, 1.54) is 6.20 Å². The second-order valence-electron chi connectivity index (χ2n) is 3.28. The molecule has 0 aliphatic rings. The number of hydrogen-bond acceptors (Lipinski definition) is 4. The van der Waals surface area contributed by atoms with E-state index in [2.05, 4.69) is 15.0 Å². The lowest BCUT2D eigenvalue weighted by Crippen LogP contribution is -2.16. The summed E-state index contributed by atoms with van der Waals surface area (Å²) in [6.07, 6.45) is -2.96. The molecule has 7 heteroatoms. The third-order valence-corrected chi connectivity index (χ3v) is 1.88. The van der Waals surface area contributed by atoms with Crippen molar-refractivity contribution < 1.29 is 22.3 Å². The van der Waals surface area contributed by atoms with E-state index in [0.29, 0.717) is 5.89 Å². The van der Waals surface area contributed by atoms with Gasteiger partial charge in [-0.2, -0.15) is 13.2 Å². The van der Waals surface area contributed by atoms with Crippen LogP contribution in [0.1, 0.15) is 24.6 Å². The number of nitrogens with one attached hydrogen (secondary N) is 1. The third kappa shape index (κ3) is 4.19. The van der Waals surface area contributed by atoms with E-state index in [1.807, 2.05) is 6.92 Å². The number of hydrogen-bond donors (Lipinski definition) is 1. The van der Waals surface area contributed by atoms with Crippen LogP contribution in [0.5, 0.6) is 0 Å². The van der Waals surface area contributed by atoms with Gasteiger partial charge in [-0.3, -0.25) is 0 Å². The van der Waals surface area contributed by atoms with Gasteiger partial charge in [0.25, 0.3) is 0 Å². The minimum Gasteiger partial charge on any atom is -0.442 e. The molecule has 0 aliphatic carbocycles. The van der Waals surface area contributed by atoms with Gasteiger partial charge < -0.3 is 14.5 Å². The van der Waals surface area contributed by atoms with E-state index in [4.69, 9.17) is 4.42 Å². The van der Waals surface area contributed by atoms with Crippen LogP contribution < -0.4 is 5.32 Å². The van der Waals surface area contributed by atoms with Crippen LogP contribution in [0.2, 0.25) is 0 Å². The van der Waals surface area contributed by atoms with Crippen LogP contribution in [-0.2, 0) is 11.3 Å². The summed E-state index contributed by atoms with van der Waals surface area (Å²) < 4.78 is 44.9. The van der Waals surface area contributed by atoms with Crippen LogP contribution in [0.25, 0.3) is 0 Å². The highest BCUT2D eigenvalue weighted by molar-refractivity contribution is 4.95. The highest BCUT2D eigenvalue weighted by atomic mass is 19.4. The zero-order valence-electron chi connectivity index (χ0n) is 8.97. The van der Waals surface area contributed by atoms with Crippen molar-refractivity contribution in [2.24, 2.45) is 0 Å². The van der Waals surface area contributed by atoms with E-state index in [0.717, 1.165) is 0 Å². The Hall–Kier alpha value is -1.08. The highest BCUT2D eigenvalue weighted by Crippen LogP contribution is 2.17. The van der Waals surface area contributed by atoms with Gasteiger partial charge in [-0.1, -0.05) is 0 Å². The smallest absolute Gasteiger partial charge is 0.411 e. The molecule has 1 rings (SSSR count). The first-order valence-corrected chi connectivity index (χ1v) is 4.68. The van der Waals surface area contributed by atoms with Crippen LogP contribution >= 0.6 is 0 Å². The molecular weight excluding hydrogens is 225 g/mol. The SMILES string of the molecule is CNC(C)c1ncc(COCC(F)(F)F)o1. The number of halogens is 3. The standard InChI is InChI=1S/C9H13F3N2O2/c1-6(13-2)8-14-3-7(16-8)4-15-5-9(10,11)12/h3,6,13H,4-5H2,1-2H3. The lowest BCUT2D eigenvalue weighted by molar-refractivity contribution is -0.177. The molecule has 1 atom stereocenters. The van der Waals surface area contributed by atoms with Crippen molar-refractivity contribution in [3.63, 3.8) is 0 Å². The maximum Gasteiger partial charge on any atom is 0.411 e. The minimum atomic E-state index is -4.32. The fourth-order valence-corrected chi connectivity index (χ4v) is 0.980. The maximum absolute atomic E-state index is 11.8. The minimum absolute atomic E-state index is 0.0867. The molecule has 0 fully saturated rings. The summed E-state index contributed by atoms with van der Waals surface area (Å²) in [5.41, 5.74) is 0. The Morgan fingerprint density at radius 1 is 1.56 bits per heavy atom. The molecule has 1 aromatic rings. The van der Waals surface area contributed by atoms with Crippen molar-refractivity contribution in [2.45, 2.75) is 25.7 Å². The zero-order valence-corrected chi connectivity index (χ0v) is 8.97.